The molecule has 0 radical (unpaired) electrons. The van der Waals surface area contributed by atoms with Crippen molar-refractivity contribution in [3.8, 4) is 0 Å². The van der Waals surface area contributed by atoms with Crippen LogP contribution in [0.1, 0.15) is 78.6 Å². The van der Waals surface area contributed by atoms with E-state index in [-0.39, 0.29) is 5.91 Å². The summed E-state index contributed by atoms with van der Waals surface area (Å²) in [6.07, 6.45) is 9.93. The highest BCUT2D eigenvalue weighted by molar-refractivity contribution is 5.76. The lowest BCUT2D eigenvalue weighted by molar-refractivity contribution is -0.132. The number of nitrogens with zero attached hydrogens (tertiary/aromatic N) is 1. The predicted molar refractivity (Wildman–Crippen MR) is 86.0 cm³/mol. The first-order valence-electron chi connectivity index (χ1n) is 8.61. The Morgan fingerprint density at radius 3 is 1.95 bits per heavy atom. The summed E-state index contributed by atoms with van der Waals surface area (Å²) in [4.78, 5) is 14.2. The lowest BCUT2D eigenvalue weighted by Gasteiger charge is -2.22. The Bertz CT molecular complexity index is 211. The van der Waals surface area contributed by atoms with Crippen LogP contribution in [0.15, 0.2) is 0 Å². The van der Waals surface area contributed by atoms with Crippen LogP contribution in [0, 0.1) is 0 Å². The third-order valence-corrected chi connectivity index (χ3v) is 3.52. The van der Waals surface area contributed by atoms with E-state index in [0.717, 1.165) is 51.8 Å². The summed E-state index contributed by atoms with van der Waals surface area (Å²) < 4.78 is 5.56. The van der Waals surface area contributed by atoms with E-state index >= 15 is 0 Å². The second-order valence-corrected chi connectivity index (χ2v) is 5.51. The van der Waals surface area contributed by atoms with Gasteiger partial charge < -0.3 is 9.64 Å². The largest absolute Gasteiger partial charge is 0.381 e. The minimum absolute atomic E-state index is 0.264. The molecule has 3 nitrogen and oxygen atoms in total. The van der Waals surface area contributed by atoms with Crippen LogP contribution in [0.4, 0.5) is 0 Å². The van der Waals surface area contributed by atoms with Gasteiger partial charge in [-0.05, 0) is 19.3 Å². The van der Waals surface area contributed by atoms with E-state index in [9.17, 15) is 4.79 Å². The highest BCUT2D eigenvalue weighted by Crippen LogP contribution is 2.03. The zero-order chi connectivity index (χ0) is 15.1. The molecule has 1 amide bonds. The van der Waals surface area contributed by atoms with Crippen LogP contribution in [0.25, 0.3) is 0 Å². The maximum absolute atomic E-state index is 12.1. The Balaban J connectivity index is 3.71. The van der Waals surface area contributed by atoms with Gasteiger partial charge in [-0.25, -0.2) is 0 Å². The number of rotatable bonds is 14. The maximum Gasteiger partial charge on any atom is 0.224 e. The molecule has 0 aliphatic rings. The molecule has 0 rings (SSSR count). The van der Waals surface area contributed by atoms with Gasteiger partial charge in [0.2, 0.25) is 5.91 Å². The van der Waals surface area contributed by atoms with Crippen molar-refractivity contribution in [2.45, 2.75) is 78.6 Å². The second-order valence-electron chi connectivity index (χ2n) is 5.51. The topological polar surface area (TPSA) is 29.5 Å². The minimum Gasteiger partial charge on any atom is -0.381 e. The molecule has 0 atom stereocenters. The fourth-order valence-corrected chi connectivity index (χ4v) is 2.11. The summed E-state index contributed by atoms with van der Waals surface area (Å²) in [7, 11) is 0. The molecule has 20 heavy (non-hydrogen) atoms. The molecule has 0 aromatic rings. The molecule has 120 valence electrons. The molecule has 0 unspecified atom stereocenters. The smallest absolute Gasteiger partial charge is 0.224 e. The Kier molecular flexibility index (Phi) is 14.4. The van der Waals surface area contributed by atoms with Crippen molar-refractivity contribution in [1.29, 1.82) is 0 Å². The first-order valence-corrected chi connectivity index (χ1v) is 8.61. The monoisotopic (exact) mass is 285 g/mol. The van der Waals surface area contributed by atoms with Crippen LogP contribution in [-0.4, -0.2) is 37.1 Å². The van der Waals surface area contributed by atoms with Gasteiger partial charge in [-0.15, -0.1) is 0 Å². The number of hydrogen-bond donors (Lipinski definition) is 0. The van der Waals surface area contributed by atoms with Crippen LogP contribution in [0.2, 0.25) is 0 Å². The van der Waals surface area contributed by atoms with Crippen molar-refractivity contribution in [3.63, 3.8) is 0 Å². The molecule has 0 aliphatic carbocycles. The summed E-state index contributed by atoms with van der Waals surface area (Å²) in [6, 6.07) is 0. The normalized spacial score (nSPS) is 10.8. The van der Waals surface area contributed by atoms with E-state index in [0.29, 0.717) is 13.0 Å². The summed E-state index contributed by atoms with van der Waals surface area (Å²) in [5.74, 6) is 0.264. The number of hydrogen-bond acceptors (Lipinski definition) is 2. The van der Waals surface area contributed by atoms with Crippen LogP contribution in [0.5, 0.6) is 0 Å². The number of ether oxygens (including phenoxy) is 1. The molecule has 0 N–H and O–H groups in total. The molecule has 0 spiro atoms. The Hall–Kier alpha value is -0.570. The summed E-state index contributed by atoms with van der Waals surface area (Å²) in [5, 5.41) is 0. The Labute approximate surface area is 126 Å². The average Bonchev–Trinajstić information content (AvgIpc) is 2.46. The molecule has 0 saturated heterocycles. The van der Waals surface area contributed by atoms with E-state index in [1.54, 1.807) is 0 Å². The van der Waals surface area contributed by atoms with Gasteiger partial charge in [0.1, 0.15) is 0 Å². The molecule has 0 fully saturated rings. The molecule has 0 bridgehead atoms. The first kappa shape index (κ1) is 19.4. The molecule has 0 aromatic carbocycles. The van der Waals surface area contributed by atoms with Gasteiger partial charge in [-0.2, -0.15) is 0 Å². The first-order chi connectivity index (χ1) is 9.76. The van der Waals surface area contributed by atoms with Crippen LogP contribution < -0.4 is 0 Å². The van der Waals surface area contributed by atoms with Crippen molar-refractivity contribution in [2.75, 3.05) is 26.3 Å². The van der Waals surface area contributed by atoms with Crippen molar-refractivity contribution in [3.05, 3.63) is 0 Å². The van der Waals surface area contributed by atoms with Crippen molar-refractivity contribution in [2.24, 2.45) is 0 Å². The third kappa shape index (κ3) is 11.3. The summed E-state index contributed by atoms with van der Waals surface area (Å²) in [6.45, 7) is 9.75. The highest BCUT2D eigenvalue weighted by atomic mass is 16.5. The standard InChI is InChI=1S/C17H35NO2/c1-4-7-10-11-15-20-16-12-17(19)18(13-8-5-2)14-9-6-3/h4-16H2,1-3H3. The zero-order valence-electron chi connectivity index (χ0n) is 14.0. The van der Waals surface area contributed by atoms with Gasteiger partial charge in [0.05, 0.1) is 13.0 Å². The van der Waals surface area contributed by atoms with Crippen molar-refractivity contribution >= 4 is 5.91 Å². The predicted octanol–water partition coefficient (Wildman–Crippen LogP) is 4.40. The minimum atomic E-state index is 0.264. The summed E-state index contributed by atoms with van der Waals surface area (Å²) >= 11 is 0. The van der Waals surface area contributed by atoms with Crippen LogP contribution in [0.3, 0.4) is 0 Å². The van der Waals surface area contributed by atoms with E-state index in [4.69, 9.17) is 4.74 Å². The summed E-state index contributed by atoms with van der Waals surface area (Å²) in [5.41, 5.74) is 0. The fourth-order valence-electron chi connectivity index (χ4n) is 2.11. The maximum atomic E-state index is 12.1. The quantitative estimate of drug-likeness (QED) is 0.443. The van der Waals surface area contributed by atoms with Crippen LogP contribution in [-0.2, 0) is 9.53 Å². The SMILES string of the molecule is CCCCCCOCCC(=O)N(CCCC)CCCC. The lowest BCUT2D eigenvalue weighted by Crippen LogP contribution is -2.33. The van der Waals surface area contributed by atoms with Gasteiger partial charge in [-0.1, -0.05) is 52.9 Å². The highest BCUT2D eigenvalue weighted by Gasteiger charge is 2.11. The number of carbonyl (C=O) groups is 1. The zero-order valence-corrected chi connectivity index (χ0v) is 14.0. The molecular weight excluding hydrogens is 250 g/mol. The number of carbonyl (C=O) groups excluding carboxylic acids is 1. The Morgan fingerprint density at radius 2 is 1.40 bits per heavy atom. The van der Waals surface area contributed by atoms with Crippen molar-refractivity contribution in [1.82, 2.24) is 4.90 Å². The van der Waals surface area contributed by atoms with Gasteiger partial charge in [-0.3, -0.25) is 4.79 Å². The van der Waals surface area contributed by atoms with Gasteiger partial charge in [0.15, 0.2) is 0 Å². The van der Waals surface area contributed by atoms with E-state index in [1.165, 1.54) is 19.3 Å². The van der Waals surface area contributed by atoms with Crippen LogP contribution >= 0.6 is 0 Å². The second kappa shape index (κ2) is 14.8. The van der Waals surface area contributed by atoms with E-state index in [2.05, 4.69) is 20.8 Å². The lowest BCUT2D eigenvalue weighted by atomic mass is 10.2. The number of unbranched alkanes of at least 4 members (excludes halogenated alkanes) is 5. The molecule has 3 heteroatoms. The van der Waals surface area contributed by atoms with Gasteiger partial charge in [0.25, 0.3) is 0 Å². The molecular formula is C17H35NO2. The average molecular weight is 285 g/mol. The number of amides is 1. The van der Waals surface area contributed by atoms with Crippen molar-refractivity contribution < 1.29 is 9.53 Å². The van der Waals surface area contributed by atoms with E-state index < -0.39 is 0 Å². The van der Waals surface area contributed by atoms with E-state index in [1.807, 2.05) is 4.90 Å². The fraction of sp³-hybridized carbons (Fsp3) is 0.941. The van der Waals surface area contributed by atoms with Gasteiger partial charge in [0, 0.05) is 19.7 Å². The molecule has 0 aliphatic heterocycles. The molecule has 0 saturated carbocycles. The molecule has 0 heterocycles. The molecule has 0 aromatic heterocycles. The van der Waals surface area contributed by atoms with Gasteiger partial charge >= 0.3 is 0 Å². The third-order valence-electron chi connectivity index (χ3n) is 3.52. The Morgan fingerprint density at radius 1 is 0.800 bits per heavy atom.